The van der Waals surface area contributed by atoms with E-state index in [9.17, 15) is 30.0 Å². The third kappa shape index (κ3) is 7.27. The minimum absolute atomic E-state index is 0.0416. The van der Waals surface area contributed by atoms with Crippen LogP contribution in [0.5, 0.6) is 0 Å². The first-order valence-corrected chi connectivity index (χ1v) is 11.6. The van der Waals surface area contributed by atoms with Gasteiger partial charge in [-0.3, -0.25) is 4.99 Å². The molecule has 0 amide bonds. The van der Waals surface area contributed by atoms with E-state index in [0.29, 0.717) is 23.4 Å². The van der Waals surface area contributed by atoms with E-state index in [0.717, 1.165) is 6.26 Å². The van der Waals surface area contributed by atoms with Crippen molar-refractivity contribution < 1.29 is 30.0 Å². The summed E-state index contributed by atoms with van der Waals surface area (Å²) in [6.45, 7) is 2.52. The lowest BCUT2D eigenvalue weighted by molar-refractivity contribution is -0.0496. The molecule has 0 spiro atoms. The Balaban J connectivity index is 2.55. The van der Waals surface area contributed by atoms with Gasteiger partial charge in [0, 0.05) is 39.0 Å². The monoisotopic (exact) mass is 422 g/mol. The van der Waals surface area contributed by atoms with Crippen molar-refractivity contribution in [3.05, 3.63) is 0 Å². The van der Waals surface area contributed by atoms with Crippen molar-refractivity contribution in [3.8, 4) is 0 Å². The summed E-state index contributed by atoms with van der Waals surface area (Å²) in [4.78, 5) is 4.30. The number of alkyl halides is 3. The molecule has 0 radical (unpaired) electrons. The zero-order valence-electron chi connectivity index (χ0n) is 14.7. The molecule has 0 aromatic carbocycles. The Kier molecular flexibility index (Phi) is 8.14. The zero-order chi connectivity index (χ0) is 20.0. The van der Waals surface area contributed by atoms with Gasteiger partial charge in [0.1, 0.15) is 9.84 Å². The summed E-state index contributed by atoms with van der Waals surface area (Å²) in [5.41, 5.74) is -5.28. The summed E-state index contributed by atoms with van der Waals surface area (Å²) in [5, 5.41) is 5.82. The van der Waals surface area contributed by atoms with Crippen molar-refractivity contribution in [2.45, 2.75) is 25.3 Å². The van der Waals surface area contributed by atoms with Crippen LogP contribution in [-0.2, 0) is 19.9 Å². The van der Waals surface area contributed by atoms with Crippen LogP contribution in [0, 0.1) is 5.92 Å². The molecule has 0 bridgehead atoms. The van der Waals surface area contributed by atoms with Gasteiger partial charge >= 0.3 is 15.5 Å². The van der Waals surface area contributed by atoms with Crippen LogP contribution < -0.4 is 10.6 Å². The van der Waals surface area contributed by atoms with Crippen LogP contribution >= 0.6 is 0 Å². The lowest BCUT2D eigenvalue weighted by Gasteiger charge is -2.30. The van der Waals surface area contributed by atoms with E-state index < -0.39 is 25.4 Å². The SMILES string of the molecule is CCNC(=NCC1CCN(S(=O)(=O)C(F)(F)F)CC1)NCCS(C)(=O)=O. The van der Waals surface area contributed by atoms with Crippen molar-refractivity contribution in [1.29, 1.82) is 0 Å². The van der Waals surface area contributed by atoms with Gasteiger partial charge in [0.2, 0.25) is 0 Å². The number of hydrogen-bond donors (Lipinski definition) is 2. The number of nitrogens with one attached hydrogen (secondary N) is 2. The highest BCUT2D eigenvalue weighted by atomic mass is 32.2. The Morgan fingerprint density at radius 2 is 1.73 bits per heavy atom. The quantitative estimate of drug-likeness (QED) is 0.447. The lowest BCUT2D eigenvalue weighted by Crippen LogP contribution is -2.45. The first-order valence-electron chi connectivity index (χ1n) is 8.13. The van der Waals surface area contributed by atoms with Crippen LogP contribution in [-0.4, -0.2) is 77.3 Å². The maximum Gasteiger partial charge on any atom is 0.511 e. The van der Waals surface area contributed by atoms with Crippen LogP contribution in [0.1, 0.15) is 19.8 Å². The molecule has 1 rings (SSSR count). The Morgan fingerprint density at radius 3 is 2.19 bits per heavy atom. The molecular weight excluding hydrogens is 397 g/mol. The van der Waals surface area contributed by atoms with Crippen LogP contribution in [0.25, 0.3) is 0 Å². The summed E-state index contributed by atoms with van der Waals surface area (Å²) in [5.74, 6) is 0.326. The van der Waals surface area contributed by atoms with Crippen molar-refractivity contribution >= 4 is 25.8 Å². The van der Waals surface area contributed by atoms with Crippen LogP contribution in [0.4, 0.5) is 13.2 Å². The van der Waals surface area contributed by atoms with Gasteiger partial charge in [0.25, 0.3) is 0 Å². The highest BCUT2D eigenvalue weighted by Gasteiger charge is 2.50. The molecule has 1 aliphatic heterocycles. The summed E-state index contributed by atoms with van der Waals surface area (Å²) in [7, 11) is -8.37. The van der Waals surface area contributed by atoms with Crippen molar-refractivity contribution in [2.24, 2.45) is 10.9 Å². The third-order valence-corrected chi connectivity index (χ3v) is 6.40. The largest absolute Gasteiger partial charge is 0.511 e. The summed E-state index contributed by atoms with van der Waals surface area (Å²) < 4.78 is 83.1. The van der Waals surface area contributed by atoms with Gasteiger partial charge in [0.15, 0.2) is 5.96 Å². The fourth-order valence-corrected chi connectivity index (χ4v) is 3.85. The van der Waals surface area contributed by atoms with Crippen molar-refractivity contribution in [1.82, 2.24) is 14.9 Å². The molecule has 1 aliphatic rings. The van der Waals surface area contributed by atoms with E-state index in [-0.39, 0.29) is 44.1 Å². The van der Waals surface area contributed by atoms with E-state index in [1.54, 1.807) is 0 Å². The number of nitrogens with zero attached hydrogens (tertiary/aromatic N) is 2. The third-order valence-electron chi connectivity index (χ3n) is 3.82. The van der Waals surface area contributed by atoms with E-state index in [1.807, 2.05) is 6.92 Å². The molecule has 154 valence electrons. The fourth-order valence-electron chi connectivity index (χ4n) is 2.40. The summed E-state index contributed by atoms with van der Waals surface area (Å²) >= 11 is 0. The molecule has 0 unspecified atom stereocenters. The summed E-state index contributed by atoms with van der Waals surface area (Å²) in [6.07, 6.45) is 1.69. The molecule has 8 nitrogen and oxygen atoms in total. The molecule has 1 heterocycles. The molecule has 1 fully saturated rings. The van der Waals surface area contributed by atoms with Gasteiger partial charge in [-0.2, -0.15) is 17.5 Å². The average Bonchev–Trinajstić information content (AvgIpc) is 2.50. The number of rotatable bonds is 7. The number of hydrogen-bond acceptors (Lipinski definition) is 5. The van der Waals surface area contributed by atoms with Gasteiger partial charge in [-0.1, -0.05) is 0 Å². The maximum absolute atomic E-state index is 12.5. The van der Waals surface area contributed by atoms with Gasteiger partial charge in [-0.25, -0.2) is 16.8 Å². The Labute approximate surface area is 152 Å². The molecule has 2 N–H and O–H groups in total. The second kappa shape index (κ2) is 9.22. The molecule has 0 aromatic heterocycles. The minimum Gasteiger partial charge on any atom is -0.357 e. The molecule has 0 saturated carbocycles. The number of sulfone groups is 1. The highest BCUT2D eigenvalue weighted by molar-refractivity contribution is 7.90. The molecular formula is C13H25F3N4O4S2. The molecule has 13 heteroatoms. The predicted molar refractivity (Wildman–Crippen MR) is 93.0 cm³/mol. The normalized spacial score (nSPS) is 18.7. The second-order valence-corrected chi connectivity index (χ2v) is 10.3. The Bertz CT molecular complexity index is 685. The topological polar surface area (TPSA) is 108 Å². The second-order valence-electron chi connectivity index (χ2n) is 6.07. The molecule has 0 atom stereocenters. The Hall–Kier alpha value is -1.08. The standard InChI is InChI=1S/C13H25F3N4O4S2/c1-3-17-12(18-6-9-25(2,21)22)19-10-11-4-7-20(8-5-11)26(23,24)13(14,15)16/h11H,3-10H2,1-2H3,(H2,17,18,19). The van der Waals surface area contributed by atoms with E-state index >= 15 is 0 Å². The molecule has 0 aliphatic carbocycles. The maximum atomic E-state index is 12.5. The van der Waals surface area contributed by atoms with Gasteiger partial charge < -0.3 is 10.6 Å². The number of sulfonamides is 1. The van der Waals surface area contributed by atoms with Crippen molar-refractivity contribution in [3.63, 3.8) is 0 Å². The van der Waals surface area contributed by atoms with Gasteiger partial charge in [0.05, 0.1) is 5.75 Å². The minimum atomic E-state index is -5.28. The molecule has 1 saturated heterocycles. The first-order chi connectivity index (χ1) is 11.9. The molecule has 0 aromatic rings. The number of guanidine groups is 1. The van der Waals surface area contributed by atoms with Crippen LogP contribution in [0.2, 0.25) is 0 Å². The van der Waals surface area contributed by atoms with E-state index in [1.165, 1.54) is 0 Å². The molecule has 26 heavy (non-hydrogen) atoms. The Morgan fingerprint density at radius 1 is 1.15 bits per heavy atom. The van der Waals surface area contributed by atoms with Crippen LogP contribution in [0.15, 0.2) is 4.99 Å². The number of aliphatic imine (C=N–C) groups is 1. The highest BCUT2D eigenvalue weighted by Crippen LogP contribution is 2.30. The predicted octanol–water partition coefficient (Wildman–Crippen LogP) is 0.148. The lowest BCUT2D eigenvalue weighted by atomic mass is 9.98. The smallest absolute Gasteiger partial charge is 0.357 e. The van der Waals surface area contributed by atoms with Gasteiger partial charge in [-0.15, -0.1) is 0 Å². The van der Waals surface area contributed by atoms with Gasteiger partial charge in [-0.05, 0) is 25.7 Å². The average molecular weight is 422 g/mol. The van der Waals surface area contributed by atoms with E-state index in [2.05, 4.69) is 15.6 Å². The number of piperidine rings is 1. The first kappa shape index (κ1) is 23.0. The van der Waals surface area contributed by atoms with Crippen molar-refractivity contribution in [2.75, 3.05) is 44.7 Å². The number of halogens is 3. The van der Waals surface area contributed by atoms with Crippen LogP contribution in [0.3, 0.4) is 0 Å². The fraction of sp³-hybridized carbons (Fsp3) is 0.923. The zero-order valence-corrected chi connectivity index (χ0v) is 16.3. The summed E-state index contributed by atoms with van der Waals surface area (Å²) in [6, 6.07) is 0. The van der Waals surface area contributed by atoms with E-state index in [4.69, 9.17) is 0 Å².